The highest BCUT2D eigenvalue weighted by Crippen LogP contribution is 2.31. The van der Waals surface area contributed by atoms with E-state index in [1.165, 1.54) is 12.1 Å². The molecule has 7 nitrogen and oxygen atoms in total. The third kappa shape index (κ3) is 9.67. The van der Waals surface area contributed by atoms with Gasteiger partial charge in [-0.15, -0.1) is 0 Å². The van der Waals surface area contributed by atoms with E-state index in [2.05, 4.69) is 5.32 Å². The standard InChI is InChI=1S/C26H34Cl3N3O4S/c1-4-6-15-30-26(34)23(5-2)31(18-19-9-11-20(27)12-10-19)25(33)8-7-16-32(37(3,35)36)24-17-21(28)13-14-22(24)29/h9-14,17,23H,4-8,15-16,18H2,1-3H3,(H,30,34)/t23-/m0/s1. The fourth-order valence-electron chi connectivity index (χ4n) is 3.87. The first kappa shape index (κ1) is 31.2. The second-order valence-electron chi connectivity index (χ2n) is 8.75. The third-order valence-corrected chi connectivity index (χ3v) is 7.80. The molecule has 0 unspecified atom stereocenters. The number of hydrogen-bond acceptors (Lipinski definition) is 4. The van der Waals surface area contributed by atoms with Gasteiger partial charge in [0.25, 0.3) is 0 Å². The summed E-state index contributed by atoms with van der Waals surface area (Å²) in [7, 11) is -3.69. The van der Waals surface area contributed by atoms with E-state index in [9.17, 15) is 18.0 Å². The molecule has 0 saturated heterocycles. The maximum Gasteiger partial charge on any atom is 0.242 e. The van der Waals surface area contributed by atoms with Crippen molar-refractivity contribution in [2.75, 3.05) is 23.7 Å². The molecule has 2 aromatic rings. The topological polar surface area (TPSA) is 86.8 Å². The summed E-state index contributed by atoms with van der Waals surface area (Å²) in [6, 6.07) is 11.0. The molecule has 0 saturated carbocycles. The molecule has 2 amide bonds. The summed E-state index contributed by atoms with van der Waals surface area (Å²) in [4.78, 5) is 28.0. The predicted octanol–water partition coefficient (Wildman–Crippen LogP) is 5.92. The van der Waals surface area contributed by atoms with E-state index < -0.39 is 16.1 Å². The minimum Gasteiger partial charge on any atom is -0.354 e. The number of nitrogens with one attached hydrogen (secondary N) is 1. The van der Waals surface area contributed by atoms with Crippen LogP contribution in [0.5, 0.6) is 0 Å². The lowest BCUT2D eigenvalue weighted by molar-refractivity contribution is -0.141. The van der Waals surface area contributed by atoms with Crippen molar-refractivity contribution in [1.82, 2.24) is 10.2 Å². The highest BCUT2D eigenvalue weighted by Gasteiger charge is 2.29. The van der Waals surface area contributed by atoms with Gasteiger partial charge < -0.3 is 10.2 Å². The van der Waals surface area contributed by atoms with E-state index in [4.69, 9.17) is 34.8 Å². The van der Waals surface area contributed by atoms with Crippen LogP contribution in [-0.2, 0) is 26.2 Å². The third-order valence-electron chi connectivity index (χ3n) is 5.81. The van der Waals surface area contributed by atoms with Gasteiger partial charge in [-0.25, -0.2) is 8.42 Å². The zero-order valence-electron chi connectivity index (χ0n) is 21.3. The first-order valence-electron chi connectivity index (χ1n) is 12.2. The monoisotopic (exact) mass is 589 g/mol. The Balaban J connectivity index is 2.22. The fourth-order valence-corrected chi connectivity index (χ4v) is 5.40. The largest absolute Gasteiger partial charge is 0.354 e. The summed E-state index contributed by atoms with van der Waals surface area (Å²) in [5.74, 6) is -0.459. The summed E-state index contributed by atoms with van der Waals surface area (Å²) < 4.78 is 26.2. The molecular formula is C26H34Cl3N3O4S. The SMILES string of the molecule is CCCCNC(=O)[C@H](CC)N(Cc1ccc(Cl)cc1)C(=O)CCCN(c1cc(Cl)ccc1Cl)S(C)(=O)=O. The van der Waals surface area contributed by atoms with Gasteiger partial charge in [0.15, 0.2) is 0 Å². The second-order valence-corrected chi connectivity index (χ2v) is 11.9. The van der Waals surface area contributed by atoms with Gasteiger partial charge in [-0.3, -0.25) is 13.9 Å². The Kier molecular flexibility index (Phi) is 12.5. The smallest absolute Gasteiger partial charge is 0.242 e. The predicted molar refractivity (Wildman–Crippen MR) is 152 cm³/mol. The number of hydrogen-bond donors (Lipinski definition) is 1. The molecule has 0 spiro atoms. The van der Waals surface area contributed by atoms with Gasteiger partial charge in [-0.2, -0.15) is 0 Å². The average molecular weight is 591 g/mol. The molecule has 11 heteroatoms. The number of nitrogens with zero attached hydrogens (tertiary/aromatic N) is 2. The van der Waals surface area contributed by atoms with E-state index in [1.807, 2.05) is 26.0 Å². The Labute approximate surface area is 235 Å². The van der Waals surface area contributed by atoms with Gasteiger partial charge in [0.05, 0.1) is 17.0 Å². The molecule has 37 heavy (non-hydrogen) atoms. The van der Waals surface area contributed by atoms with Crippen molar-refractivity contribution in [3.05, 3.63) is 63.1 Å². The highest BCUT2D eigenvalue weighted by molar-refractivity contribution is 7.92. The molecule has 204 valence electrons. The maximum absolute atomic E-state index is 13.4. The van der Waals surface area contributed by atoms with Crippen molar-refractivity contribution in [1.29, 1.82) is 0 Å². The molecule has 0 heterocycles. The van der Waals surface area contributed by atoms with Crippen LogP contribution in [0.2, 0.25) is 15.1 Å². The lowest BCUT2D eigenvalue weighted by Gasteiger charge is -2.31. The zero-order valence-corrected chi connectivity index (χ0v) is 24.4. The number of unbranched alkanes of at least 4 members (excludes halogenated alkanes) is 1. The van der Waals surface area contributed by atoms with E-state index >= 15 is 0 Å². The summed E-state index contributed by atoms with van der Waals surface area (Å²) in [5.41, 5.74) is 1.09. The van der Waals surface area contributed by atoms with E-state index in [1.54, 1.807) is 23.1 Å². The number of benzene rings is 2. The summed E-state index contributed by atoms with van der Waals surface area (Å²) >= 11 is 18.3. The molecule has 2 aromatic carbocycles. The van der Waals surface area contributed by atoms with Crippen LogP contribution in [-0.4, -0.2) is 50.5 Å². The quantitative estimate of drug-likeness (QED) is 0.277. The van der Waals surface area contributed by atoms with Crippen LogP contribution in [0.3, 0.4) is 0 Å². The van der Waals surface area contributed by atoms with Crippen molar-refractivity contribution < 1.29 is 18.0 Å². The van der Waals surface area contributed by atoms with Crippen LogP contribution >= 0.6 is 34.8 Å². The van der Waals surface area contributed by atoms with Crippen LogP contribution in [0.1, 0.15) is 51.5 Å². The van der Waals surface area contributed by atoms with Gasteiger partial charge in [0.1, 0.15) is 6.04 Å². The number of anilines is 1. The summed E-state index contributed by atoms with van der Waals surface area (Å²) in [6.45, 7) is 4.69. The highest BCUT2D eigenvalue weighted by atomic mass is 35.5. The Hall–Kier alpha value is -2.00. The Morgan fingerprint density at radius 1 is 0.973 bits per heavy atom. The minimum absolute atomic E-state index is 0.0267. The Morgan fingerprint density at radius 3 is 2.22 bits per heavy atom. The van der Waals surface area contributed by atoms with Crippen LogP contribution in [0.15, 0.2) is 42.5 Å². The van der Waals surface area contributed by atoms with E-state index in [0.29, 0.717) is 23.0 Å². The molecule has 1 atom stereocenters. The number of amides is 2. The van der Waals surface area contributed by atoms with E-state index in [0.717, 1.165) is 29.0 Å². The van der Waals surface area contributed by atoms with E-state index in [-0.39, 0.29) is 48.5 Å². The molecule has 1 N–H and O–H groups in total. The fraction of sp³-hybridized carbons (Fsp3) is 0.462. The molecule has 0 radical (unpaired) electrons. The van der Waals surface area contributed by atoms with Crippen molar-refractivity contribution >= 4 is 62.3 Å². The van der Waals surface area contributed by atoms with Crippen LogP contribution < -0.4 is 9.62 Å². The van der Waals surface area contributed by atoms with Crippen molar-refractivity contribution in [3.63, 3.8) is 0 Å². The number of sulfonamides is 1. The zero-order chi connectivity index (χ0) is 27.6. The Morgan fingerprint density at radius 2 is 1.62 bits per heavy atom. The van der Waals surface area contributed by atoms with Gasteiger partial charge in [0.2, 0.25) is 21.8 Å². The van der Waals surface area contributed by atoms with Crippen LogP contribution in [0.4, 0.5) is 5.69 Å². The van der Waals surface area contributed by atoms with Crippen molar-refractivity contribution in [2.24, 2.45) is 0 Å². The van der Waals surface area contributed by atoms with Crippen molar-refractivity contribution in [3.8, 4) is 0 Å². The molecule has 0 fully saturated rings. The lowest BCUT2D eigenvalue weighted by atomic mass is 10.1. The minimum atomic E-state index is -3.69. The lowest BCUT2D eigenvalue weighted by Crippen LogP contribution is -2.49. The normalized spacial score (nSPS) is 12.2. The van der Waals surface area contributed by atoms with Crippen LogP contribution in [0.25, 0.3) is 0 Å². The Bertz CT molecular complexity index is 1160. The molecule has 0 aliphatic rings. The summed E-state index contributed by atoms with van der Waals surface area (Å²) in [5, 5.41) is 4.08. The molecule has 2 rings (SSSR count). The molecule has 0 aromatic heterocycles. The number of carbonyl (C=O) groups is 2. The number of halogens is 3. The van der Waals surface area contributed by atoms with Crippen LogP contribution in [0, 0.1) is 0 Å². The first-order valence-corrected chi connectivity index (χ1v) is 15.2. The van der Waals surface area contributed by atoms with Gasteiger partial charge in [-0.05, 0) is 55.2 Å². The average Bonchev–Trinajstić information content (AvgIpc) is 2.84. The summed E-state index contributed by atoms with van der Waals surface area (Å²) in [6.07, 6.45) is 3.56. The maximum atomic E-state index is 13.4. The number of carbonyl (C=O) groups excluding carboxylic acids is 2. The molecule has 0 bridgehead atoms. The molecular weight excluding hydrogens is 557 g/mol. The number of rotatable bonds is 14. The molecule has 0 aliphatic heterocycles. The first-order chi connectivity index (χ1) is 17.5. The van der Waals surface area contributed by atoms with Gasteiger partial charge >= 0.3 is 0 Å². The second kappa shape index (κ2) is 14.8. The molecule has 0 aliphatic carbocycles. The van der Waals surface area contributed by atoms with Gasteiger partial charge in [-0.1, -0.05) is 67.2 Å². The van der Waals surface area contributed by atoms with Gasteiger partial charge in [0, 0.05) is 36.1 Å². The van der Waals surface area contributed by atoms with Crippen molar-refractivity contribution in [2.45, 2.75) is 58.5 Å².